The van der Waals surface area contributed by atoms with Gasteiger partial charge in [-0.05, 0) is 52.2 Å². The molecule has 1 aromatic carbocycles. The van der Waals surface area contributed by atoms with Crippen molar-refractivity contribution in [1.29, 1.82) is 0 Å². The zero-order valence-corrected chi connectivity index (χ0v) is 20.5. The minimum Gasteiger partial charge on any atom is -0.490 e. The van der Waals surface area contributed by atoms with E-state index >= 15 is 0 Å². The molecule has 0 aliphatic heterocycles. The fourth-order valence-electron chi connectivity index (χ4n) is 2.07. The molecule has 0 saturated heterocycles. The monoisotopic (exact) mass is 499 g/mol. The molecule has 30 heavy (non-hydrogen) atoms. The average molecular weight is 501 g/mol. The fourth-order valence-corrected chi connectivity index (χ4v) is 2.78. The molecule has 1 rings (SSSR count). The third-order valence-electron chi connectivity index (χ3n) is 3.40. The summed E-state index contributed by atoms with van der Waals surface area (Å²) in [6.45, 7) is 7.85. The Balaban J connectivity index is 2.16. The van der Waals surface area contributed by atoms with Gasteiger partial charge in [0.1, 0.15) is 16.8 Å². The van der Waals surface area contributed by atoms with E-state index in [1.807, 2.05) is 26.8 Å². The minimum atomic E-state index is -0.228. The van der Waals surface area contributed by atoms with Crippen LogP contribution in [-0.4, -0.2) is 32.0 Å². The van der Waals surface area contributed by atoms with Crippen molar-refractivity contribution in [3.8, 4) is 11.5 Å². The normalized spacial score (nSPS) is 11.6. The van der Waals surface area contributed by atoms with Crippen molar-refractivity contribution in [1.82, 2.24) is 5.48 Å². The SMILES string of the molecule is CC(C)(C)ONC=CCOCCCCCOc1c(Cl)cc(OCC=C(Cl)Cl)cc1Cl. The molecule has 0 fully saturated rings. The summed E-state index contributed by atoms with van der Waals surface area (Å²) in [4.78, 5) is 5.34. The highest BCUT2D eigenvalue weighted by molar-refractivity contribution is 6.55. The lowest BCUT2D eigenvalue weighted by atomic mass is 10.2. The van der Waals surface area contributed by atoms with Crippen molar-refractivity contribution in [3.05, 3.63) is 45.0 Å². The molecule has 0 aliphatic carbocycles. The highest BCUT2D eigenvalue weighted by Crippen LogP contribution is 2.37. The Labute approximate surface area is 199 Å². The van der Waals surface area contributed by atoms with Gasteiger partial charge in [-0.1, -0.05) is 46.4 Å². The van der Waals surface area contributed by atoms with Crippen LogP contribution >= 0.6 is 46.4 Å². The molecule has 0 unspecified atom stereocenters. The lowest BCUT2D eigenvalue weighted by Crippen LogP contribution is -2.25. The Hall–Kier alpha value is -0.820. The summed E-state index contributed by atoms with van der Waals surface area (Å²) in [5, 5.41) is 0.773. The number of rotatable bonds is 14. The average Bonchev–Trinajstić information content (AvgIpc) is 2.63. The third-order valence-corrected chi connectivity index (χ3v) is 4.27. The number of hydroxylamine groups is 1. The molecule has 0 amide bonds. The van der Waals surface area contributed by atoms with Crippen LogP contribution < -0.4 is 15.0 Å². The summed E-state index contributed by atoms with van der Waals surface area (Å²) in [6, 6.07) is 3.28. The third kappa shape index (κ3) is 13.5. The summed E-state index contributed by atoms with van der Waals surface area (Å²) in [7, 11) is 0. The summed E-state index contributed by atoms with van der Waals surface area (Å²) in [5.74, 6) is 0.956. The maximum Gasteiger partial charge on any atom is 0.156 e. The molecule has 0 saturated carbocycles. The fraction of sp³-hybridized carbons (Fsp3) is 0.524. The molecule has 0 radical (unpaired) electrons. The van der Waals surface area contributed by atoms with Crippen LogP contribution in [0.1, 0.15) is 40.0 Å². The molecule has 9 heteroatoms. The molecule has 0 atom stereocenters. The van der Waals surface area contributed by atoms with E-state index < -0.39 is 0 Å². The predicted molar refractivity (Wildman–Crippen MR) is 125 cm³/mol. The molecule has 1 aromatic rings. The van der Waals surface area contributed by atoms with Crippen LogP contribution in [0.25, 0.3) is 0 Å². The van der Waals surface area contributed by atoms with Gasteiger partial charge in [-0.25, -0.2) is 0 Å². The van der Waals surface area contributed by atoms with Gasteiger partial charge in [0.2, 0.25) is 0 Å². The smallest absolute Gasteiger partial charge is 0.156 e. The van der Waals surface area contributed by atoms with E-state index in [1.165, 1.54) is 6.08 Å². The van der Waals surface area contributed by atoms with E-state index in [9.17, 15) is 0 Å². The lowest BCUT2D eigenvalue weighted by molar-refractivity contribution is -0.0524. The lowest BCUT2D eigenvalue weighted by Gasteiger charge is -2.17. The summed E-state index contributed by atoms with van der Waals surface area (Å²) in [6.07, 6.45) is 7.89. The van der Waals surface area contributed by atoms with Crippen LogP contribution in [0.15, 0.2) is 35.0 Å². The standard InChI is InChI=1S/C21H29Cl4NO4/c1-21(2,3)30-26-9-7-11-27-10-5-4-6-12-29-20-17(22)14-16(15-18(20)23)28-13-8-19(24)25/h7-9,14-15,26H,4-6,10-13H2,1-3H3. The quantitative estimate of drug-likeness (QED) is 0.218. The van der Waals surface area contributed by atoms with Crippen molar-refractivity contribution in [2.24, 2.45) is 0 Å². The Morgan fingerprint density at radius 1 is 0.967 bits per heavy atom. The number of hydrogen-bond donors (Lipinski definition) is 1. The van der Waals surface area contributed by atoms with Gasteiger partial charge in [-0.3, -0.25) is 10.3 Å². The van der Waals surface area contributed by atoms with Crippen LogP contribution in [0.2, 0.25) is 10.0 Å². The summed E-state index contributed by atoms with van der Waals surface area (Å²) < 4.78 is 16.8. The second-order valence-electron chi connectivity index (χ2n) is 7.24. The second kappa shape index (κ2) is 15.1. The van der Waals surface area contributed by atoms with Gasteiger partial charge >= 0.3 is 0 Å². The number of unbranched alkanes of at least 4 members (excludes halogenated alkanes) is 2. The minimum absolute atomic E-state index is 0.136. The van der Waals surface area contributed by atoms with Gasteiger partial charge in [0.25, 0.3) is 0 Å². The van der Waals surface area contributed by atoms with Crippen molar-refractivity contribution in [2.45, 2.75) is 45.6 Å². The van der Waals surface area contributed by atoms with Crippen molar-refractivity contribution in [2.75, 3.05) is 26.4 Å². The van der Waals surface area contributed by atoms with E-state index in [0.717, 1.165) is 19.3 Å². The summed E-state index contributed by atoms with van der Waals surface area (Å²) >= 11 is 23.6. The maximum absolute atomic E-state index is 6.24. The Morgan fingerprint density at radius 3 is 2.27 bits per heavy atom. The first-order valence-electron chi connectivity index (χ1n) is 9.61. The van der Waals surface area contributed by atoms with E-state index in [4.69, 9.17) is 65.5 Å². The Bertz CT molecular complexity index is 663. The van der Waals surface area contributed by atoms with Crippen molar-refractivity contribution < 1.29 is 19.0 Å². The first kappa shape index (κ1) is 27.2. The molecule has 0 aromatic heterocycles. The number of halogens is 4. The van der Waals surface area contributed by atoms with Gasteiger partial charge in [0.15, 0.2) is 5.75 Å². The van der Waals surface area contributed by atoms with Crippen LogP contribution in [0.4, 0.5) is 0 Å². The van der Waals surface area contributed by atoms with Crippen molar-refractivity contribution >= 4 is 46.4 Å². The van der Waals surface area contributed by atoms with Gasteiger partial charge in [-0.15, -0.1) is 0 Å². The van der Waals surface area contributed by atoms with Gasteiger partial charge in [-0.2, -0.15) is 0 Å². The highest BCUT2D eigenvalue weighted by atomic mass is 35.5. The van der Waals surface area contributed by atoms with E-state index in [0.29, 0.717) is 41.4 Å². The van der Waals surface area contributed by atoms with Gasteiger partial charge < -0.3 is 14.2 Å². The Kier molecular flexibility index (Phi) is 13.7. The van der Waals surface area contributed by atoms with Crippen LogP contribution in [0, 0.1) is 0 Å². The zero-order chi connectivity index (χ0) is 22.4. The molecule has 0 aliphatic rings. The van der Waals surface area contributed by atoms with Crippen LogP contribution in [0.5, 0.6) is 11.5 Å². The molecule has 0 bridgehead atoms. The van der Waals surface area contributed by atoms with Crippen LogP contribution in [-0.2, 0) is 9.57 Å². The van der Waals surface area contributed by atoms with E-state index in [-0.39, 0.29) is 16.7 Å². The van der Waals surface area contributed by atoms with Gasteiger partial charge in [0.05, 0.1) is 28.9 Å². The second-order valence-corrected chi connectivity index (χ2v) is 9.06. The van der Waals surface area contributed by atoms with Gasteiger partial charge in [0, 0.05) is 24.9 Å². The molecule has 5 nitrogen and oxygen atoms in total. The summed E-state index contributed by atoms with van der Waals surface area (Å²) in [5.41, 5.74) is 2.54. The van der Waals surface area contributed by atoms with Crippen LogP contribution in [0.3, 0.4) is 0 Å². The number of nitrogens with one attached hydrogen (secondary N) is 1. The molecule has 170 valence electrons. The predicted octanol–water partition coefficient (Wildman–Crippen LogP) is 7.09. The zero-order valence-electron chi connectivity index (χ0n) is 17.5. The number of hydrogen-bond acceptors (Lipinski definition) is 5. The molecule has 1 N–H and O–H groups in total. The molecular formula is C21H29Cl4NO4. The number of ether oxygens (including phenoxy) is 3. The first-order valence-corrected chi connectivity index (χ1v) is 11.1. The van der Waals surface area contributed by atoms with Crippen molar-refractivity contribution in [3.63, 3.8) is 0 Å². The van der Waals surface area contributed by atoms with E-state index in [1.54, 1.807) is 18.3 Å². The first-order chi connectivity index (χ1) is 14.2. The highest BCUT2D eigenvalue weighted by Gasteiger charge is 2.11. The molecular weight excluding hydrogens is 472 g/mol. The van der Waals surface area contributed by atoms with E-state index in [2.05, 4.69) is 5.48 Å². The topological polar surface area (TPSA) is 49.0 Å². The molecule has 0 spiro atoms. The number of benzene rings is 1. The molecule has 0 heterocycles. The largest absolute Gasteiger partial charge is 0.490 e. The Morgan fingerprint density at radius 2 is 1.63 bits per heavy atom. The maximum atomic E-state index is 6.24.